The van der Waals surface area contributed by atoms with Crippen LogP contribution in [0.15, 0.2) is 16.1 Å². The molecule has 1 aliphatic carbocycles. The first-order chi connectivity index (χ1) is 6.88. The number of nitrogens with zero attached hydrogens (tertiary/aromatic N) is 2. The Labute approximate surface area is 93.4 Å². The van der Waals surface area contributed by atoms with E-state index < -0.39 is 0 Å². The molecule has 0 aromatic rings. The number of aliphatic imine (C=N–C) groups is 1. The lowest BCUT2D eigenvalue weighted by atomic mass is 9.89. The van der Waals surface area contributed by atoms with Crippen molar-refractivity contribution in [2.45, 2.75) is 37.8 Å². The van der Waals surface area contributed by atoms with E-state index in [1.54, 1.807) is 11.8 Å². The molecule has 3 aliphatic rings. The molecule has 2 atom stereocenters. The van der Waals surface area contributed by atoms with Crippen LogP contribution in [-0.2, 0) is 0 Å². The Morgan fingerprint density at radius 3 is 3.36 bits per heavy atom. The smallest absolute Gasteiger partial charge is 0.168 e. The summed E-state index contributed by atoms with van der Waals surface area (Å²) in [7, 11) is 0. The van der Waals surface area contributed by atoms with E-state index in [-0.39, 0.29) is 0 Å². The molecule has 0 aromatic carbocycles. The molecule has 0 spiro atoms. The molecule has 4 heteroatoms. The molecule has 1 fully saturated rings. The number of amidine groups is 1. The average Bonchev–Trinajstić information content (AvgIpc) is 2.61. The summed E-state index contributed by atoms with van der Waals surface area (Å²) >= 11 is 7.67. The second kappa shape index (κ2) is 3.46. The topological polar surface area (TPSA) is 15.6 Å². The maximum absolute atomic E-state index is 5.93. The van der Waals surface area contributed by atoms with Crippen molar-refractivity contribution in [3.63, 3.8) is 0 Å². The summed E-state index contributed by atoms with van der Waals surface area (Å²) in [5, 5.41) is 3.36. The Morgan fingerprint density at radius 1 is 1.57 bits per heavy atom. The summed E-state index contributed by atoms with van der Waals surface area (Å²) in [5.74, 6) is 0.618. The summed E-state index contributed by atoms with van der Waals surface area (Å²) in [6.07, 6.45) is 5.15. The van der Waals surface area contributed by atoms with Gasteiger partial charge in [0.25, 0.3) is 0 Å². The van der Waals surface area contributed by atoms with Gasteiger partial charge in [-0.2, -0.15) is 0 Å². The second-order valence-corrected chi connectivity index (χ2v) is 5.22. The first kappa shape index (κ1) is 9.10. The van der Waals surface area contributed by atoms with E-state index in [2.05, 4.69) is 10.3 Å². The highest BCUT2D eigenvalue weighted by Crippen LogP contribution is 2.39. The predicted molar refractivity (Wildman–Crippen MR) is 61.7 cm³/mol. The van der Waals surface area contributed by atoms with Gasteiger partial charge in [0.1, 0.15) is 0 Å². The van der Waals surface area contributed by atoms with Gasteiger partial charge in [0, 0.05) is 11.7 Å². The highest BCUT2D eigenvalue weighted by Gasteiger charge is 2.37. The molecule has 1 saturated carbocycles. The van der Waals surface area contributed by atoms with Gasteiger partial charge < -0.3 is 4.90 Å². The van der Waals surface area contributed by atoms with Gasteiger partial charge in [-0.15, -0.1) is 11.6 Å². The summed E-state index contributed by atoms with van der Waals surface area (Å²) in [6.45, 7) is 0. The van der Waals surface area contributed by atoms with E-state index in [0.717, 1.165) is 0 Å². The van der Waals surface area contributed by atoms with Crippen LogP contribution in [0.3, 0.4) is 0 Å². The van der Waals surface area contributed by atoms with Crippen molar-refractivity contribution in [2.24, 2.45) is 4.99 Å². The van der Waals surface area contributed by atoms with Crippen molar-refractivity contribution in [1.82, 2.24) is 4.90 Å². The fraction of sp³-hybridized carbons (Fsp3) is 0.700. The molecule has 2 heterocycles. The van der Waals surface area contributed by atoms with Crippen LogP contribution in [-0.4, -0.2) is 28.0 Å². The zero-order chi connectivity index (χ0) is 9.54. The van der Waals surface area contributed by atoms with Crippen molar-refractivity contribution >= 4 is 28.5 Å². The van der Waals surface area contributed by atoms with Crippen molar-refractivity contribution < 1.29 is 0 Å². The maximum Gasteiger partial charge on any atom is 0.168 e. The molecular formula is C10H13ClN2S. The summed E-state index contributed by atoms with van der Waals surface area (Å²) in [5.41, 5.74) is 1.25. The van der Waals surface area contributed by atoms with Crippen LogP contribution in [0, 0.1) is 0 Å². The molecule has 2 bridgehead atoms. The summed E-state index contributed by atoms with van der Waals surface area (Å²) in [4.78, 5) is 7.13. The number of alkyl halides is 1. The van der Waals surface area contributed by atoms with Gasteiger partial charge >= 0.3 is 0 Å². The Bertz CT molecular complexity index is 313. The largest absolute Gasteiger partial charge is 0.320 e. The predicted octanol–water partition coefficient (Wildman–Crippen LogP) is 2.80. The quantitative estimate of drug-likeness (QED) is 0.642. The highest BCUT2D eigenvalue weighted by molar-refractivity contribution is 8.16. The third-order valence-electron chi connectivity index (χ3n) is 3.23. The molecule has 0 aromatic heterocycles. The average molecular weight is 229 g/mol. The first-order valence-electron chi connectivity index (χ1n) is 5.17. The lowest BCUT2D eigenvalue weighted by Gasteiger charge is -2.40. The summed E-state index contributed by atoms with van der Waals surface area (Å²) < 4.78 is 0. The zero-order valence-electron chi connectivity index (χ0n) is 7.95. The van der Waals surface area contributed by atoms with Crippen LogP contribution in [0.4, 0.5) is 0 Å². The molecule has 3 rings (SSSR count). The SMILES string of the molecule is ClCC1=CSC2=N[C@@H]3CCC[C@H](C3)N12. The third-order valence-corrected chi connectivity index (χ3v) is 4.41. The maximum atomic E-state index is 5.93. The van der Waals surface area contributed by atoms with Gasteiger partial charge in [-0.05, 0) is 31.1 Å². The lowest BCUT2D eigenvalue weighted by Crippen LogP contribution is -2.44. The molecule has 14 heavy (non-hydrogen) atoms. The minimum atomic E-state index is 0.593. The fourth-order valence-corrected chi connectivity index (χ4v) is 3.91. The van der Waals surface area contributed by atoms with Crippen molar-refractivity contribution in [1.29, 1.82) is 0 Å². The molecule has 0 radical (unpaired) electrons. The van der Waals surface area contributed by atoms with Gasteiger partial charge in [-0.1, -0.05) is 11.8 Å². The third kappa shape index (κ3) is 1.29. The molecule has 76 valence electrons. The minimum Gasteiger partial charge on any atom is -0.320 e. The Morgan fingerprint density at radius 2 is 2.50 bits per heavy atom. The fourth-order valence-electron chi connectivity index (χ4n) is 2.58. The monoisotopic (exact) mass is 228 g/mol. The van der Waals surface area contributed by atoms with Crippen molar-refractivity contribution in [3.05, 3.63) is 11.1 Å². The van der Waals surface area contributed by atoms with Crippen molar-refractivity contribution in [3.8, 4) is 0 Å². The van der Waals surface area contributed by atoms with Crippen molar-refractivity contribution in [2.75, 3.05) is 5.88 Å². The van der Waals surface area contributed by atoms with E-state index >= 15 is 0 Å². The van der Waals surface area contributed by atoms with Crippen LogP contribution in [0.5, 0.6) is 0 Å². The highest BCUT2D eigenvalue weighted by atomic mass is 35.5. The van der Waals surface area contributed by atoms with E-state index in [1.165, 1.54) is 36.5 Å². The Kier molecular flexibility index (Phi) is 2.25. The number of hydrogen-bond acceptors (Lipinski definition) is 3. The number of halogens is 1. The molecule has 0 unspecified atom stereocenters. The number of hydrogen-bond donors (Lipinski definition) is 0. The van der Waals surface area contributed by atoms with Gasteiger partial charge in [-0.3, -0.25) is 4.99 Å². The van der Waals surface area contributed by atoms with Gasteiger partial charge in [0.05, 0.1) is 11.9 Å². The Balaban J connectivity index is 1.94. The number of thioether (sulfide) groups is 1. The van der Waals surface area contributed by atoms with Gasteiger partial charge in [-0.25, -0.2) is 0 Å². The number of fused-ring (bicyclic) bond motifs is 4. The molecule has 2 aliphatic heterocycles. The van der Waals surface area contributed by atoms with Crippen LogP contribution in [0.25, 0.3) is 0 Å². The van der Waals surface area contributed by atoms with Crippen LogP contribution < -0.4 is 0 Å². The zero-order valence-corrected chi connectivity index (χ0v) is 9.52. The lowest BCUT2D eigenvalue weighted by molar-refractivity contribution is 0.248. The minimum absolute atomic E-state index is 0.593. The molecule has 0 amide bonds. The Hall–Kier alpha value is -0.150. The van der Waals surface area contributed by atoms with E-state index in [9.17, 15) is 0 Å². The van der Waals surface area contributed by atoms with Gasteiger partial charge in [0.15, 0.2) is 5.17 Å². The number of rotatable bonds is 1. The molecule has 2 nitrogen and oxygen atoms in total. The van der Waals surface area contributed by atoms with E-state index in [1.807, 2.05) is 0 Å². The normalized spacial score (nSPS) is 35.1. The van der Waals surface area contributed by atoms with E-state index in [4.69, 9.17) is 16.6 Å². The molecular weight excluding hydrogens is 216 g/mol. The number of allylic oxidation sites excluding steroid dienone is 1. The standard InChI is InChI=1S/C10H13ClN2S/c11-5-9-6-14-10-12-7-2-1-3-8(4-7)13(9)10/h6-8H,1-5H2/t7-,8-/m1/s1. The van der Waals surface area contributed by atoms with Gasteiger partial charge in [0.2, 0.25) is 0 Å². The van der Waals surface area contributed by atoms with E-state index in [0.29, 0.717) is 18.0 Å². The van der Waals surface area contributed by atoms with Crippen LogP contribution in [0.2, 0.25) is 0 Å². The van der Waals surface area contributed by atoms with Crippen LogP contribution >= 0.6 is 23.4 Å². The summed E-state index contributed by atoms with van der Waals surface area (Å²) in [6, 6.07) is 1.27. The van der Waals surface area contributed by atoms with Crippen LogP contribution in [0.1, 0.15) is 25.7 Å². The first-order valence-corrected chi connectivity index (χ1v) is 6.58. The molecule has 0 N–H and O–H groups in total. The second-order valence-electron chi connectivity index (χ2n) is 4.12. The molecule has 0 saturated heterocycles.